The second-order valence-electron chi connectivity index (χ2n) is 7.47. The molecule has 2 aromatic rings. The molecule has 0 aliphatic heterocycles. The van der Waals surface area contributed by atoms with Gasteiger partial charge in [-0.2, -0.15) is 0 Å². The number of anilines is 1. The van der Waals surface area contributed by atoms with Gasteiger partial charge in [0, 0.05) is 24.5 Å². The van der Waals surface area contributed by atoms with Crippen molar-refractivity contribution in [2.24, 2.45) is 5.92 Å². The van der Waals surface area contributed by atoms with Gasteiger partial charge in [-0.25, -0.2) is 0 Å². The summed E-state index contributed by atoms with van der Waals surface area (Å²) in [7, 11) is 0. The fourth-order valence-electron chi connectivity index (χ4n) is 3.26. The highest BCUT2D eigenvalue weighted by atomic mass is 32.1. The molecule has 4 nitrogen and oxygen atoms in total. The van der Waals surface area contributed by atoms with Gasteiger partial charge < -0.3 is 14.1 Å². The van der Waals surface area contributed by atoms with Gasteiger partial charge in [0.15, 0.2) is 4.71 Å². The van der Waals surface area contributed by atoms with E-state index in [0.29, 0.717) is 11.3 Å². The Morgan fingerprint density at radius 3 is 2.50 bits per heavy atom. The van der Waals surface area contributed by atoms with Crippen LogP contribution < -0.4 is 4.90 Å². The third-order valence-corrected chi connectivity index (χ3v) is 5.09. The number of hydrogen-bond donors (Lipinski definition) is 0. The van der Waals surface area contributed by atoms with Gasteiger partial charge in [-0.1, -0.05) is 51.7 Å². The first-order valence-corrected chi connectivity index (χ1v) is 10.9. The van der Waals surface area contributed by atoms with Crippen LogP contribution in [0.4, 0.5) is 5.69 Å². The fourth-order valence-corrected chi connectivity index (χ4v) is 3.46. The molecule has 0 radical (unpaired) electrons. The van der Waals surface area contributed by atoms with Crippen molar-refractivity contribution in [1.29, 1.82) is 0 Å². The molecule has 0 saturated heterocycles. The van der Waals surface area contributed by atoms with E-state index in [4.69, 9.17) is 21.4 Å². The van der Waals surface area contributed by atoms with Gasteiger partial charge in [-0.3, -0.25) is 4.79 Å². The van der Waals surface area contributed by atoms with Crippen LogP contribution in [0.2, 0.25) is 0 Å². The largest absolute Gasteiger partial charge is 0.465 e. The molecular weight excluding hydrogens is 370 g/mol. The molecule has 0 atom stereocenters. The molecule has 0 unspecified atom stereocenters. The molecule has 0 aliphatic carbocycles. The molecule has 0 aliphatic rings. The Bertz CT molecular complexity index is 800. The average molecular weight is 404 g/mol. The normalized spacial score (nSPS) is 11.1. The number of carbonyl (C=O) groups excluding carboxylic acids is 1. The van der Waals surface area contributed by atoms with Crippen LogP contribution in [-0.2, 0) is 9.53 Å². The smallest absolute Gasteiger partial charge is 0.308 e. The summed E-state index contributed by atoms with van der Waals surface area (Å²) in [5.41, 5.74) is 2.02. The zero-order valence-electron chi connectivity index (χ0n) is 17.4. The Balaban J connectivity index is 1.71. The number of benzene rings is 1. The van der Waals surface area contributed by atoms with Crippen LogP contribution >= 0.6 is 12.2 Å². The van der Waals surface area contributed by atoms with Crippen LogP contribution in [0.15, 0.2) is 34.7 Å². The molecule has 0 amide bonds. The van der Waals surface area contributed by atoms with E-state index in [0.717, 1.165) is 43.3 Å². The van der Waals surface area contributed by atoms with Crippen molar-refractivity contribution in [2.45, 2.75) is 59.3 Å². The molecule has 1 aromatic heterocycles. The van der Waals surface area contributed by atoms with Gasteiger partial charge in [0.25, 0.3) is 0 Å². The summed E-state index contributed by atoms with van der Waals surface area (Å²) in [5, 5.41) is 1.12. The summed E-state index contributed by atoms with van der Waals surface area (Å²) >= 11 is 5.30. The van der Waals surface area contributed by atoms with E-state index in [1.54, 1.807) is 0 Å². The maximum atomic E-state index is 11.4. The van der Waals surface area contributed by atoms with Crippen LogP contribution in [0.1, 0.15) is 59.3 Å². The highest BCUT2D eigenvalue weighted by Gasteiger charge is 2.10. The zero-order chi connectivity index (χ0) is 20.4. The Morgan fingerprint density at radius 2 is 1.79 bits per heavy atom. The number of fused-ring (bicyclic) bond motifs is 1. The van der Waals surface area contributed by atoms with E-state index >= 15 is 0 Å². The molecular formula is C23H33NO3S. The maximum absolute atomic E-state index is 11.4. The molecule has 28 heavy (non-hydrogen) atoms. The fraction of sp³-hybridized carbons (Fsp3) is 0.565. The first-order valence-electron chi connectivity index (χ1n) is 10.5. The molecule has 2 rings (SSSR count). The lowest BCUT2D eigenvalue weighted by Crippen LogP contribution is -2.24. The summed E-state index contributed by atoms with van der Waals surface area (Å²) in [6.07, 6.45) is 6.84. The third-order valence-electron chi connectivity index (χ3n) is 4.89. The lowest BCUT2D eigenvalue weighted by atomic mass is 10.1. The van der Waals surface area contributed by atoms with Gasteiger partial charge in [0.05, 0.1) is 18.2 Å². The minimum Gasteiger partial charge on any atom is -0.465 e. The van der Waals surface area contributed by atoms with Crippen LogP contribution in [0, 0.1) is 10.6 Å². The molecule has 0 bridgehead atoms. The summed E-state index contributed by atoms with van der Waals surface area (Å²) < 4.78 is 11.4. The van der Waals surface area contributed by atoms with E-state index in [-0.39, 0.29) is 11.9 Å². The Kier molecular flexibility index (Phi) is 9.48. The third kappa shape index (κ3) is 6.93. The topological polar surface area (TPSA) is 42.7 Å². The number of ether oxygens (including phenoxy) is 1. The summed E-state index contributed by atoms with van der Waals surface area (Å²) in [5.74, 6) is -0.128. The van der Waals surface area contributed by atoms with Gasteiger partial charge >= 0.3 is 5.97 Å². The predicted molar refractivity (Wildman–Crippen MR) is 118 cm³/mol. The quantitative estimate of drug-likeness (QED) is 0.229. The van der Waals surface area contributed by atoms with Crippen molar-refractivity contribution in [3.63, 3.8) is 0 Å². The summed E-state index contributed by atoms with van der Waals surface area (Å²) in [6, 6.07) is 10.1. The summed E-state index contributed by atoms with van der Waals surface area (Å²) in [4.78, 5) is 13.8. The SMILES string of the molecule is CCN(CCCCCCCCOC(=O)C(C)C)c1cc(=S)oc2ccccc12. The molecule has 1 aromatic carbocycles. The van der Waals surface area contributed by atoms with Crippen LogP contribution in [-0.4, -0.2) is 25.7 Å². The molecule has 1 heterocycles. The van der Waals surface area contributed by atoms with Crippen molar-refractivity contribution in [3.05, 3.63) is 35.0 Å². The number of hydrogen-bond acceptors (Lipinski definition) is 5. The van der Waals surface area contributed by atoms with Crippen LogP contribution in [0.3, 0.4) is 0 Å². The average Bonchev–Trinajstić information content (AvgIpc) is 2.68. The molecule has 0 N–H and O–H groups in total. The van der Waals surface area contributed by atoms with Crippen molar-refractivity contribution in [3.8, 4) is 0 Å². The van der Waals surface area contributed by atoms with E-state index in [2.05, 4.69) is 17.9 Å². The van der Waals surface area contributed by atoms with E-state index in [9.17, 15) is 4.79 Å². The molecule has 5 heteroatoms. The lowest BCUT2D eigenvalue weighted by Gasteiger charge is -2.24. The molecule has 0 saturated carbocycles. The summed E-state index contributed by atoms with van der Waals surface area (Å²) in [6.45, 7) is 8.43. The second-order valence-corrected chi connectivity index (χ2v) is 7.87. The standard InChI is InChI=1S/C23H33NO3S/c1-4-24(20-17-22(28)27-21-14-10-9-13-19(20)21)15-11-7-5-6-8-12-16-26-23(25)18(2)3/h9-10,13-14,17-18H,4-8,11-12,15-16H2,1-3H3. The monoisotopic (exact) mass is 403 g/mol. The first kappa shape index (κ1) is 22.4. The number of rotatable bonds is 12. The minimum atomic E-state index is -0.0943. The van der Waals surface area contributed by atoms with Crippen molar-refractivity contribution < 1.29 is 13.9 Å². The maximum Gasteiger partial charge on any atom is 0.308 e. The van der Waals surface area contributed by atoms with Gasteiger partial charge in [-0.15, -0.1) is 0 Å². The Morgan fingerprint density at radius 1 is 1.11 bits per heavy atom. The minimum absolute atomic E-state index is 0.0336. The number of carbonyl (C=O) groups is 1. The van der Waals surface area contributed by atoms with E-state index in [1.807, 2.05) is 38.1 Å². The van der Waals surface area contributed by atoms with Crippen molar-refractivity contribution in [1.82, 2.24) is 0 Å². The van der Waals surface area contributed by atoms with Gasteiger partial charge in [0.1, 0.15) is 5.58 Å². The predicted octanol–water partition coefficient (Wildman–Crippen LogP) is 6.53. The highest BCUT2D eigenvalue weighted by Crippen LogP contribution is 2.27. The highest BCUT2D eigenvalue weighted by molar-refractivity contribution is 7.71. The first-order chi connectivity index (χ1) is 13.5. The van der Waals surface area contributed by atoms with Crippen LogP contribution in [0.5, 0.6) is 0 Å². The van der Waals surface area contributed by atoms with Crippen LogP contribution in [0.25, 0.3) is 11.0 Å². The molecule has 0 spiro atoms. The van der Waals surface area contributed by atoms with E-state index < -0.39 is 0 Å². The van der Waals surface area contributed by atoms with Crippen molar-refractivity contribution >= 4 is 34.8 Å². The lowest BCUT2D eigenvalue weighted by molar-refractivity contribution is -0.147. The molecule has 154 valence electrons. The second kappa shape index (κ2) is 11.8. The Hall–Kier alpha value is -1.88. The van der Waals surface area contributed by atoms with E-state index in [1.165, 1.54) is 24.9 Å². The van der Waals surface area contributed by atoms with Gasteiger partial charge in [-0.05, 0) is 44.1 Å². The van der Waals surface area contributed by atoms with Crippen molar-refractivity contribution in [2.75, 3.05) is 24.6 Å². The zero-order valence-corrected chi connectivity index (χ0v) is 18.2. The Labute approximate surface area is 173 Å². The van der Waals surface area contributed by atoms with Gasteiger partial charge in [0.2, 0.25) is 0 Å². The number of esters is 1. The number of nitrogens with zero attached hydrogens (tertiary/aromatic N) is 1. The number of para-hydroxylation sites is 1. The number of unbranched alkanes of at least 4 members (excludes halogenated alkanes) is 5. The molecule has 0 fully saturated rings.